The number of amides is 1. The lowest BCUT2D eigenvalue weighted by molar-refractivity contribution is -0.117. The summed E-state index contributed by atoms with van der Waals surface area (Å²) >= 11 is 1.33. The van der Waals surface area contributed by atoms with Crippen molar-refractivity contribution in [2.45, 2.75) is 25.3 Å². The number of rotatable bonds is 12. The minimum atomic E-state index is -0.632. The van der Waals surface area contributed by atoms with E-state index in [1.54, 1.807) is 28.4 Å². The monoisotopic (exact) mass is 500 g/mol. The van der Waals surface area contributed by atoms with E-state index in [0.717, 1.165) is 35.2 Å². The number of unbranched alkanes of at least 4 members (excludes halogenated alkanes) is 1. The van der Waals surface area contributed by atoms with E-state index in [0.29, 0.717) is 41.7 Å². The molecule has 10 heteroatoms. The van der Waals surface area contributed by atoms with E-state index in [-0.39, 0.29) is 5.91 Å². The van der Waals surface area contributed by atoms with Crippen molar-refractivity contribution in [3.63, 3.8) is 0 Å². The van der Waals surface area contributed by atoms with E-state index in [2.05, 4.69) is 9.69 Å². The topological polar surface area (TPSA) is 131 Å². The summed E-state index contributed by atoms with van der Waals surface area (Å²) in [6.45, 7) is 0.577. The number of nitrogens with zero attached hydrogens (tertiary/aromatic N) is 1. The van der Waals surface area contributed by atoms with Gasteiger partial charge in [0.05, 0.1) is 45.9 Å². The third-order valence-corrected chi connectivity index (χ3v) is 6.21. The summed E-state index contributed by atoms with van der Waals surface area (Å²) in [5.74, 6) is 1.84. The molecule has 0 aliphatic carbocycles. The molecule has 2 aromatic carbocycles. The summed E-state index contributed by atoms with van der Waals surface area (Å²) in [7, 11) is 6.26. The zero-order chi connectivity index (χ0) is 25.4. The highest BCUT2D eigenvalue weighted by atomic mass is 32.1. The van der Waals surface area contributed by atoms with Crippen LogP contribution in [0.15, 0.2) is 35.7 Å². The molecular weight excluding hydrogens is 468 g/mol. The number of hydrogen-bond donors (Lipinski definition) is 3. The van der Waals surface area contributed by atoms with Crippen molar-refractivity contribution in [2.24, 2.45) is 11.5 Å². The Labute approximate surface area is 209 Å². The normalized spacial score (nSPS) is 11.6. The third kappa shape index (κ3) is 6.02. The largest absolute Gasteiger partial charge is 0.495 e. The molecule has 1 aromatic heterocycles. The molecule has 0 bridgehead atoms. The summed E-state index contributed by atoms with van der Waals surface area (Å²) in [6.07, 6.45) is 2.18. The molecule has 0 saturated heterocycles. The first-order valence-electron chi connectivity index (χ1n) is 11.2. The van der Waals surface area contributed by atoms with Gasteiger partial charge in [0.25, 0.3) is 0 Å². The zero-order valence-electron chi connectivity index (χ0n) is 20.4. The van der Waals surface area contributed by atoms with Crippen LogP contribution in [0.5, 0.6) is 23.0 Å². The Hall–Kier alpha value is -3.34. The van der Waals surface area contributed by atoms with Crippen molar-refractivity contribution in [3.05, 3.63) is 35.7 Å². The lowest BCUT2D eigenvalue weighted by Gasteiger charge is -2.16. The first-order valence-corrected chi connectivity index (χ1v) is 12.0. The first kappa shape index (κ1) is 26.3. The van der Waals surface area contributed by atoms with Crippen LogP contribution >= 0.6 is 11.5 Å². The van der Waals surface area contributed by atoms with Crippen molar-refractivity contribution in [2.75, 3.05) is 40.3 Å². The third-order valence-electron chi connectivity index (χ3n) is 5.58. The predicted molar refractivity (Wildman–Crippen MR) is 139 cm³/mol. The number of nitrogens with one attached hydrogen (secondary N) is 1. The molecule has 0 spiro atoms. The number of nitrogens with two attached hydrogens (primary N) is 2. The average Bonchev–Trinajstić information content (AvgIpc) is 3.37. The van der Waals surface area contributed by atoms with Crippen LogP contribution in [0.4, 0.5) is 5.69 Å². The van der Waals surface area contributed by atoms with Crippen LogP contribution in [-0.2, 0) is 4.79 Å². The summed E-state index contributed by atoms with van der Waals surface area (Å²) < 4.78 is 26.5. The highest BCUT2D eigenvalue weighted by Crippen LogP contribution is 2.44. The Morgan fingerprint density at radius 1 is 0.971 bits per heavy atom. The lowest BCUT2D eigenvalue weighted by Crippen LogP contribution is -2.35. The molecule has 0 aliphatic heterocycles. The molecule has 3 rings (SSSR count). The number of benzene rings is 2. The van der Waals surface area contributed by atoms with Crippen LogP contribution in [0.1, 0.15) is 19.3 Å². The van der Waals surface area contributed by atoms with Gasteiger partial charge in [-0.15, -0.1) is 0 Å². The lowest BCUT2D eigenvalue weighted by atomic mass is 10.0. The minimum absolute atomic E-state index is 0.272. The molecule has 0 aliphatic rings. The molecular formula is C25H32N4O5S. The van der Waals surface area contributed by atoms with Gasteiger partial charge >= 0.3 is 0 Å². The predicted octanol–water partition coefficient (Wildman–Crippen LogP) is 3.91. The van der Waals surface area contributed by atoms with E-state index in [4.69, 9.17) is 30.4 Å². The van der Waals surface area contributed by atoms with Gasteiger partial charge in [-0.05, 0) is 60.7 Å². The van der Waals surface area contributed by atoms with E-state index in [9.17, 15) is 4.79 Å². The Bertz CT molecular complexity index is 1130. The van der Waals surface area contributed by atoms with Crippen molar-refractivity contribution in [1.82, 2.24) is 4.37 Å². The fourth-order valence-corrected chi connectivity index (χ4v) is 4.42. The average molecular weight is 501 g/mol. The zero-order valence-corrected chi connectivity index (χ0v) is 21.2. The van der Waals surface area contributed by atoms with Gasteiger partial charge in [-0.25, -0.2) is 0 Å². The first-order chi connectivity index (χ1) is 17.0. The van der Waals surface area contributed by atoms with Gasteiger partial charge in [0.1, 0.15) is 5.75 Å². The Morgan fingerprint density at radius 2 is 1.66 bits per heavy atom. The Kier molecular flexibility index (Phi) is 9.30. The Morgan fingerprint density at radius 3 is 2.26 bits per heavy atom. The smallest absolute Gasteiger partial charge is 0.241 e. The van der Waals surface area contributed by atoms with Crippen LogP contribution in [0.25, 0.3) is 22.4 Å². The number of ether oxygens (including phenoxy) is 4. The number of hydrogen-bond acceptors (Lipinski definition) is 9. The highest BCUT2D eigenvalue weighted by Gasteiger charge is 2.20. The minimum Gasteiger partial charge on any atom is -0.495 e. The molecule has 3 aromatic rings. The number of carbonyl (C=O) groups is 1. The molecule has 0 saturated carbocycles. The van der Waals surface area contributed by atoms with Gasteiger partial charge in [0.2, 0.25) is 11.7 Å². The number of methoxy groups -OCH3 is 4. The van der Waals surface area contributed by atoms with E-state index in [1.165, 1.54) is 11.5 Å². The molecule has 1 unspecified atom stereocenters. The summed E-state index contributed by atoms with van der Waals surface area (Å²) in [6, 6.07) is 8.66. The molecule has 0 radical (unpaired) electrons. The molecule has 9 nitrogen and oxygen atoms in total. The summed E-state index contributed by atoms with van der Waals surface area (Å²) in [5.41, 5.74) is 15.4. The van der Waals surface area contributed by atoms with E-state index < -0.39 is 6.04 Å². The molecule has 1 amide bonds. The van der Waals surface area contributed by atoms with Crippen LogP contribution in [-0.4, -0.2) is 51.3 Å². The number of carbonyl (C=O) groups excluding carboxylic acids is 1. The maximum Gasteiger partial charge on any atom is 0.241 e. The molecule has 1 heterocycles. The van der Waals surface area contributed by atoms with Crippen molar-refractivity contribution in [3.8, 4) is 45.4 Å². The molecule has 35 heavy (non-hydrogen) atoms. The van der Waals surface area contributed by atoms with Gasteiger partial charge in [0.15, 0.2) is 11.5 Å². The van der Waals surface area contributed by atoms with Gasteiger partial charge < -0.3 is 35.7 Å². The number of anilines is 1. The van der Waals surface area contributed by atoms with Crippen molar-refractivity contribution >= 4 is 23.1 Å². The quantitative estimate of drug-likeness (QED) is 0.319. The second-order valence-corrected chi connectivity index (χ2v) is 8.42. The van der Waals surface area contributed by atoms with Crippen LogP contribution in [0.2, 0.25) is 0 Å². The van der Waals surface area contributed by atoms with Gasteiger partial charge in [0, 0.05) is 16.5 Å². The molecule has 5 N–H and O–H groups in total. The Balaban J connectivity index is 1.96. The highest BCUT2D eigenvalue weighted by molar-refractivity contribution is 7.04. The van der Waals surface area contributed by atoms with Gasteiger partial charge in [-0.3, -0.25) is 4.79 Å². The van der Waals surface area contributed by atoms with Crippen molar-refractivity contribution < 1.29 is 23.7 Å². The SMILES string of the molecule is COc1ccc(-c2csnc2-c2cc(OC)c(OC)c(OC)c2)cc1NC(=O)C(N)CCCCN. The van der Waals surface area contributed by atoms with E-state index in [1.807, 2.05) is 35.7 Å². The molecule has 188 valence electrons. The molecule has 0 fully saturated rings. The number of aromatic nitrogens is 1. The summed E-state index contributed by atoms with van der Waals surface area (Å²) in [4.78, 5) is 12.7. The molecule has 1 atom stereocenters. The second kappa shape index (κ2) is 12.4. The summed E-state index contributed by atoms with van der Waals surface area (Å²) in [5, 5.41) is 4.86. The van der Waals surface area contributed by atoms with Crippen LogP contribution in [0, 0.1) is 0 Å². The van der Waals surface area contributed by atoms with Gasteiger partial charge in [-0.1, -0.05) is 12.5 Å². The van der Waals surface area contributed by atoms with E-state index >= 15 is 0 Å². The van der Waals surface area contributed by atoms with Crippen LogP contribution < -0.4 is 35.7 Å². The second-order valence-electron chi connectivity index (χ2n) is 7.79. The van der Waals surface area contributed by atoms with Gasteiger partial charge in [-0.2, -0.15) is 4.37 Å². The standard InChI is InChI=1S/C25H32N4O5S/c1-31-20-9-8-15(11-19(20)28-25(30)18(27)7-5-6-10-26)17-14-35-29-23(17)16-12-21(32-2)24(34-4)22(13-16)33-3/h8-9,11-14,18H,5-7,10,26-27H2,1-4H3,(H,28,30). The maximum absolute atomic E-state index is 12.7. The maximum atomic E-state index is 12.7. The fourth-order valence-electron chi connectivity index (χ4n) is 3.71. The van der Waals surface area contributed by atoms with Crippen molar-refractivity contribution in [1.29, 1.82) is 0 Å². The fraction of sp³-hybridized carbons (Fsp3) is 0.360. The van der Waals surface area contributed by atoms with Crippen LogP contribution in [0.3, 0.4) is 0 Å².